The monoisotopic (exact) mass is 349 g/mol. The molecule has 0 aliphatic rings. The lowest BCUT2D eigenvalue weighted by Gasteiger charge is -2.08. The summed E-state index contributed by atoms with van der Waals surface area (Å²) < 4.78 is 2.30. The number of nitrogens with zero attached hydrogens (tertiary/aromatic N) is 2. The topological polar surface area (TPSA) is 46.9 Å². The molecule has 1 aromatic heterocycles. The number of para-hydroxylation sites is 2. The molecule has 0 fully saturated rings. The van der Waals surface area contributed by atoms with Gasteiger partial charge in [-0.1, -0.05) is 36.8 Å². The van der Waals surface area contributed by atoms with Gasteiger partial charge in [0.05, 0.1) is 11.0 Å². The van der Waals surface area contributed by atoms with Gasteiger partial charge in [-0.15, -0.1) is 0 Å². The lowest BCUT2D eigenvalue weighted by molar-refractivity contribution is 0.0952. The van der Waals surface area contributed by atoms with Crippen molar-refractivity contribution in [2.45, 2.75) is 46.1 Å². The van der Waals surface area contributed by atoms with Crippen LogP contribution >= 0.6 is 0 Å². The maximum absolute atomic E-state index is 12.2. The van der Waals surface area contributed by atoms with Gasteiger partial charge in [0.25, 0.3) is 5.91 Å². The van der Waals surface area contributed by atoms with E-state index >= 15 is 0 Å². The van der Waals surface area contributed by atoms with Gasteiger partial charge in [0.2, 0.25) is 0 Å². The van der Waals surface area contributed by atoms with Crippen molar-refractivity contribution in [1.29, 1.82) is 0 Å². The number of carbonyl (C=O) groups excluding carboxylic acids is 1. The average Bonchev–Trinajstić information content (AvgIpc) is 3.02. The SMILES string of the molecule is CCn1c(CCCCCNC(=O)c2ccccc2C)nc2ccccc21. The van der Waals surface area contributed by atoms with Crippen LogP contribution in [0.15, 0.2) is 48.5 Å². The van der Waals surface area contributed by atoms with Crippen molar-refractivity contribution in [3.8, 4) is 0 Å². The third-order valence-corrected chi connectivity index (χ3v) is 4.80. The molecule has 1 N–H and O–H groups in total. The smallest absolute Gasteiger partial charge is 0.251 e. The molecular weight excluding hydrogens is 322 g/mol. The number of carbonyl (C=O) groups is 1. The normalized spacial score (nSPS) is 11.0. The van der Waals surface area contributed by atoms with Crippen LogP contribution in [0.3, 0.4) is 0 Å². The summed E-state index contributed by atoms with van der Waals surface area (Å²) >= 11 is 0. The Balaban J connectivity index is 1.44. The maximum Gasteiger partial charge on any atom is 0.251 e. The fourth-order valence-corrected chi connectivity index (χ4v) is 3.38. The molecule has 1 heterocycles. The molecule has 0 aliphatic heterocycles. The summed E-state index contributed by atoms with van der Waals surface area (Å²) in [6.45, 7) is 5.80. The highest BCUT2D eigenvalue weighted by molar-refractivity contribution is 5.95. The predicted octanol–water partition coefficient (Wildman–Crippen LogP) is 4.51. The van der Waals surface area contributed by atoms with Gasteiger partial charge < -0.3 is 9.88 Å². The fraction of sp³-hybridized carbons (Fsp3) is 0.364. The Morgan fingerprint density at radius 2 is 1.81 bits per heavy atom. The highest BCUT2D eigenvalue weighted by Gasteiger charge is 2.09. The minimum absolute atomic E-state index is 0.0240. The third-order valence-electron chi connectivity index (χ3n) is 4.80. The summed E-state index contributed by atoms with van der Waals surface area (Å²) in [6, 6.07) is 16.0. The number of rotatable bonds is 8. The van der Waals surface area contributed by atoms with Crippen LogP contribution in [0, 0.1) is 6.92 Å². The van der Waals surface area contributed by atoms with E-state index in [0.29, 0.717) is 0 Å². The largest absolute Gasteiger partial charge is 0.352 e. The lowest BCUT2D eigenvalue weighted by atomic mass is 10.1. The van der Waals surface area contributed by atoms with Gasteiger partial charge >= 0.3 is 0 Å². The maximum atomic E-state index is 12.2. The third kappa shape index (κ3) is 4.13. The minimum atomic E-state index is 0.0240. The molecule has 1 amide bonds. The van der Waals surface area contributed by atoms with Gasteiger partial charge in [-0.2, -0.15) is 0 Å². The van der Waals surface area contributed by atoms with Crippen molar-refractivity contribution in [3.05, 3.63) is 65.5 Å². The molecule has 0 radical (unpaired) electrons. The van der Waals surface area contributed by atoms with Gasteiger partial charge in [0.15, 0.2) is 0 Å². The second kappa shape index (κ2) is 8.65. The molecular formula is C22H27N3O. The quantitative estimate of drug-likeness (QED) is 0.608. The first kappa shape index (κ1) is 18.2. The van der Waals surface area contributed by atoms with E-state index in [1.54, 1.807) is 0 Å². The highest BCUT2D eigenvalue weighted by atomic mass is 16.1. The minimum Gasteiger partial charge on any atom is -0.352 e. The van der Waals surface area contributed by atoms with Crippen LogP contribution in [0.1, 0.15) is 47.9 Å². The summed E-state index contributed by atoms with van der Waals surface area (Å²) in [5.41, 5.74) is 4.08. The number of benzene rings is 2. The van der Waals surface area contributed by atoms with E-state index in [1.807, 2.05) is 37.3 Å². The Bertz CT molecular complexity index is 882. The molecule has 4 heteroatoms. The fourth-order valence-electron chi connectivity index (χ4n) is 3.38. The second-order valence-corrected chi connectivity index (χ2v) is 6.64. The first-order chi connectivity index (χ1) is 12.7. The lowest BCUT2D eigenvalue weighted by Crippen LogP contribution is -2.25. The van der Waals surface area contributed by atoms with Gasteiger partial charge in [-0.25, -0.2) is 4.98 Å². The molecule has 26 heavy (non-hydrogen) atoms. The van der Waals surface area contributed by atoms with Crippen LogP contribution in [0.4, 0.5) is 0 Å². The summed E-state index contributed by atoms with van der Waals surface area (Å²) in [4.78, 5) is 17.0. The number of unbranched alkanes of at least 4 members (excludes halogenated alkanes) is 2. The molecule has 0 unspecified atom stereocenters. The number of hydrogen-bond donors (Lipinski definition) is 1. The number of amides is 1. The number of aromatic nitrogens is 2. The van der Waals surface area contributed by atoms with Crippen molar-refractivity contribution in [3.63, 3.8) is 0 Å². The Hall–Kier alpha value is -2.62. The van der Waals surface area contributed by atoms with Gasteiger partial charge in [-0.3, -0.25) is 4.79 Å². The Kier molecular flexibility index (Phi) is 6.05. The number of imidazole rings is 1. The highest BCUT2D eigenvalue weighted by Crippen LogP contribution is 2.17. The molecule has 136 valence electrons. The number of fused-ring (bicyclic) bond motifs is 1. The van der Waals surface area contributed by atoms with E-state index < -0.39 is 0 Å². The molecule has 0 spiro atoms. The van der Waals surface area contributed by atoms with Gasteiger partial charge in [0.1, 0.15) is 5.82 Å². The Morgan fingerprint density at radius 3 is 2.62 bits per heavy atom. The molecule has 3 rings (SSSR count). The van der Waals surface area contributed by atoms with Crippen molar-refractivity contribution >= 4 is 16.9 Å². The summed E-state index contributed by atoms with van der Waals surface area (Å²) in [6.07, 6.45) is 4.14. The van der Waals surface area contributed by atoms with Crippen molar-refractivity contribution in [2.75, 3.05) is 6.54 Å². The van der Waals surface area contributed by atoms with Crippen LogP contribution in [0.2, 0.25) is 0 Å². The Morgan fingerprint density at radius 1 is 1.04 bits per heavy atom. The van der Waals surface area contributed by atoms with Crippen molar-refractivity contribution < 1.29 is 4.79 Å². The predicted molar refractivity (Wildman–Crippen MR) is 106 cm³/mol. The molecule has 0 atom stereocenters. The average molecular weight is 349 g/mol. The molecule has 0 saturated heterocycles. The molecule has 2 aromatic carbocycles. The second-order valence-electron chi connectivity index (χ2n) is 6.64. The zero-order chi connectivity index (χ0) is 18.4. The standard InChI is InChI=1S/C22H27N3O/c1-3-25-20-14-9-8-13-19(20)24-21(25)15-5-4-10-16-23-22(26)18-12-7-6-11-17(18)2/h6-9,11-14H,3-5,10,15-16H2,1-2H3,(H,23,26). The van der Waals surface area contributed by atoms with Crippen LogP contribution in [-0.4, -0.2) is 22.0 Å². The Labute approximate surface area is 155 Å². The van der Waals surface area contributed by atoms with E-state index in [0.717, 1.165) is 61.2 Å². The zero-order valence-corrected chi connectivity index (χ0v) is 15.7. The van der Waals surface area contributed by atoms with Gasteiger partial charge in [0, 0.05) is 25.1 Å². The van der Waals surface area contributed by atoms with E-state index in [-0.39, 0.29) is 5.91 Å². The summed E-state index contributed by atoms with van der Waals surface area (Å²) in [5.74, 6) is 1.19. The van der Waals surface area contributed by atoms with Crippen LogP contribution < -0.4 is 5.32 Å². The van der Waals surface area contributed by atoms with Crippen LogP contribution in [0.25, 0.3) is 11.0 Å². The van der Waals surface area contributed by atoms with E-state index in [2.05, 4.69) is 35.0 Å². The first-order valence-corrected chi connectivity index (χ1v) is 9.48. The van der Waals surface area contributed by atoms with E-state index in [4.69, 9.17) is 4.98 Å². The van der Waals surface area contributed by atoms with Crippen LogP contribution in [-0.2, 0) is 13.0 Å². The molecule has 3 aromatic rings. The molecule has 4 nitrogen and oxygen atoms in total. The zero-order valence-electron chi connectivity index (χ0n) is 15.7. The number of nitrogens with one attached hydrogen (secondary N) is 1. The molecule has 0 saturated carbocycles. The molecule has 0 aliphatic carbocycles. The number of aryl methyl sites for hydroxylation is 3. The van der Waals surface area contributed by atoms with Gasteiger partial charge in [-0.05, 0) is 50.5 Å². The van der Waals surface area contributed by atoms with Crippen molar-refractivity contribution in [2.24, 2.45) is 0 Å². The van der Waals surface area contributed by atoms with E-state index in [9.17, 15) is 4.79 Å². The number of hydrogen-bond acceptors (Lipinski definition) is 2. The summed E-state index contributed by atoms with van der Waals surface area (Å²) in [5, 5.41) is 3.02. The first-order valence-electron chi connectivity index (χ1n) is 9.48. The van der Waals surface area contributed by atoms with Crippen LogP contribution in [0.5, 0.6) is 0 Å². The summed E-state index contributed by atoms with van der Waals surface area (Å²) in [7, 11) is 0. The molecule has 0 bridgehead atoms. The van der Waals surface area contributed by atoms with E-state index in [1.165, 1.54) is 5.52 Å². The van der Waals surface area contributed by atoms with Crippen molar-refractivity contribution in [1.82, 2.24) is 14.9 Å².